The fourth-order valence-corrected chi connectivity index (χ4v) is 1.94. The van der Waals surface area contributed by atoms with Crippen LogP contribution < -0.4 is 11.1 Å². The number of aryl methyl sites for hydroxylation is 1. The highest BCUT2D eigenvalue weighted by Crippen LogP contribution is 2.21. The molecule has 0 spiro atoms. The smallest absolute Gasteiger partial charge is 0.248 e. The summed E-state index contributed by atoms with van der Waals surface area (Å²) in [6.07, 6.45) is 0. The largest absolute Gasteiger partial charge is 0.376 e. The second-order valence-electron chi connectivity index (χ2n) is 4.60. The summed E-state index contributed by atoms with van der Waals surface area (Å²) in [5.41, 5.74) is 6.62. The maximum Gasteiger partial charge on any atom is 0.248 e. The van der Waals surface area contributed by atoms with E-state index in [1.54, 1.807) is 19.1 Å². The lowest BCUT2D eigenvalue weighted by atomic mass is 10.0. The van der Waals surface area contributed by atoms with Crippen LogP contribution in [0.3, 0.4) is 0 Å². The SMILES string of the molecule is Cc1cc(C(N)=O)ccc1CNc1c(F)cc(F)cc1F. The van der Waals surface area contributed by atoms with Gasteiger partial charge in [-0.1, -0.05) is 6.07 Å². The van der Waals surface area contributed by atoms with Crippen molar-refractivity contribution in [1.82, 2.24) is 0 Å². The first-order chi connectivity index (χ1) is 9.88. The zero-order valence-electron chi connectivity index (χ0n) is 11.2. The summed E-state index contributed by atoms with van der Waals surface area (Å²) in [7, 11) is 0. The van der Waals surface area contributed by atoms with E-state index < -0.39 is 29.0 Å². The molecule has 0 atom stereocenters. The van der Waals surface area contributed by atoms with E-state index in [9.17, 15) is 18.0 Å². The van der Waals surface area contributed by atoms with Gasteiger partial charge in [-0.2, -0.15) is 0 Å². The zero-order chi connectivity index (χ0) is 15.6. The third kappa shape index (κ3) is 3.34. The maximum absolute atomic E-state index is 13.5. The Morgan fingerprint density at radius 3 is 2.29 bits per heavy atom. The van der Waals surface area contributed by atoms with Crippen molar-refractivity contribution in [3.05, 3.63) is 64.5 Å². The molecule has 0 fully saturated rings. The Kier molecular flexibility index (Phi) is 4.16. The van der Waals surface area contributed by atoms with Crippen LogP contribution in [0.25, 0.3) is 0 Å². The summed E-state index contributed by atoms with van der Waals surface area (Å²) >= 11 is 0. The molecule has 0 saturated heterocycles. The van der Waals surface area contributed by atoms with Gasteiger partial charge < -0.3 is 11.1 Å². The third-order valence-corrected chi connectivity index (χ3v) is 3.09. The fourth-order valence-electron chi connectivity index (χ4n) is 1.94. The number of primary amides is 1. The van der Waals surface area contributed by atoms with E-state index in [2.05, 4.69) is 5.32 Å². The van der Waals surface area contributed by atoms with Crippen molar-refractivity contribution in [2.75, 3.05) is 5.32 Å². The molecule has 0 saturated carbocycles. The first-order valence-electron chi connectivity index (χ1n) is 6.16. The molecule has 3 N–H and O–H groups in total. The molecule has 0 aliphatic carbocycles. The summed E-state index contributed by atoms with van der Waals surface area (Å²) in [5.74, 6) is -3.52. The van der Waals surface area contributed by atoms with E-state index >= 15 is 0 Å². The molecule has 110 valence electrons. The fraction of sp³-hybridized carbons (Fsp3) is 0.133. The van der Waals surface area contributed by atoms with E-state index in [1.165, 1.54) is 6.07 Å². The highest BCUT2D eigenvalue weighted by molar-refractivity contribution is 5.93. The number of nitrogens with two attached hydrogens (primary N) is 1. The molecule has 3 nitrogen and oxygen atoms in total. The standard InChI is InChI=1S/C15H13F3N2O/c1-8-4-9(15(19)21)2-3-10(8)7-20-14-12(17)5-11(16)6-13(14)18/h2-6,20H,7H2,1H3,(H2,19,21). The first kappa shape index (κ1) is 14.9. The molecule has 2 aromatic carbocycles. The molecule has 1 amide bonds. The van der Waals surface area contributed by atoms with Crippen molar-refractivity contribution in [3.63, 3.8) is 0 Å². The average Bonchev–Trinajstić information content (AvgIpc) is 2.38. The summed E-state index contributed by atoms with van der Waals surface area (Å²) < 4.78 is 39.8. The van der Waals surface area contributed by atoms with Gasteiger partial charge in [-0.3, -0.25) is 4.79 Å². The van der Waals surface area contributed by atoms with Crippen molar-refractivity contribution in [2.24, 2.45) is 5.73 Å². The van der Waals surface area contributed by atoms with E-state index in [-0.39, 0.29) is 6.54 Å². The number of hydrogen-bond donors (Lipinski definition) is 2. The summed E-state index contributed by atoms with van der Waals surface area (Å²) in [6.45, 7) is 1.88. The lowest BCUT2D eigenvalue weighted by Crippen LogP contribution is -2.12. The second-order valence-corrected chi connectivity index (χ2v) is 4.60. The zero-order valence-corrected chi connectivity index (χ0v) is 11.2. The van der Waals surface area contributed by atoms with Gasteiger partial charge in [0.05, 0.1) is 0 Å². The number of hydrogen-bond acceptors (Lipinski definition) is 2. The molecule has 6 heteroatoms. The second kappa shape index (κ2) is 5.87. The number of carbonyl (C=O) groups excluding carboxylic acids is 1. The number of rotatable bonds is 4. The molecule has 0 heterocycles. The van der Waals surface area contributed by atoms with Gasteiger partial charge in [0.2, 0.25) is 5.91 Å². The molecule has 0 aliphatic rings. The lowest BCUT2D eigenvalue weighted by molar-refractivity contribution is 0.1000. The molecule has 0 aliphatic heterocycles. The Bertz CT molecular complexity index is 678. The number of amides is 1. The molecule has 0 unspecified atom stereocenters. The van der Waals surface area contributed by atoms with Crippen molar-refractivity contribution < 1.29 is 18.0 Å². The van der Waals surface area contributed by atoms with Gasteiger partial charge in [0, 0.05) is 24.2 Å². The lowest BCUT2D eigenvalue weighted by Gasteiger charge is -2.11. The highest BCUT2D eigenvalue weighted by atomic mass is 19.1. The minimum atomic E-state index is -1.00. The van der Waals surface area contributed by atoms with Gasteiger partial charge in [0.15, 0.2) is 11.6 Å². The van der Waals surface area contributed by atoms with Crippen LogP contribution in [0, 0.1) is 24.4 Å². The Hall–Kier alpha value is -2.50. The normalized spacial score (nSPS) is 10.5. The Morgan fingerprint density at radius 1 is 1.14 bits per heavy atom. The van der Waals surface area contributed by atoms with Crippen molar-refractivity contribution in [3.8, 4) is 0 Å². The van der Waals surface area contributed by atoms with Crippen LogP contribution in [0.1, 0.15) is 21.5 Å². The number of halogens is 3. The topological polar surface area (TPSA) is 55.1 Å². The van der Waals surface area contributed by atoms with Crippen LogP contribution in [0.2, 0.25) is 0 Å². The highest BCUT2D eigenvalue weighted by Gasteiger charge is 2.12. The van der Waals surface area contributed by atoms with Crippen LogP contribution in [0.4, 0.5) is 18.9 Å². The van der Waals surface area contributed by atoms with Gasteiger partial charge in [0.25, 0.3) is 0 Å². The summed E-state index contributed by atoms with van der Waals surface area (Å²) in [6, 6.07) is 5.98. The number of carbonyl (C=O) groups is 1. The van der Waals surface area contributed by atoms with Crippen LogP contribution in [-0.4, -0.2) is 5.91 Å². The molecule has 0 aromatic heterocycles. The van der Waals surface area contributed by atoms with E-state index in [1.807, 2.05) is 0 Å². The molecular formula is C15H13F3N2O. The molecular weight excluding hydrogens is 281 g/mol. The Labute approximate surface area is 119 Å². The summed E-state index contributed by atoms with van der Waals surface area (Å²) in [4.78, 5) is 11.0. The third-order valence-electron chi connectivity index (χ3n) is 3.09. The molecule has 0 bridgehead atoms. The van der Waals surface area contributed by atoms with Gasteiger partial charge in [0.1, 0.15) is 11.5 Å². The van der Waals surface area contributed by atoms with Crippen LogP contribution in [0.5, 0.6) is 0 Å². The Morgan fingerprint density at radius 2 is 1.76 bits per heavy atom. The number of anilines is 1. The molecule has 21 heavy (non-hydrogen) atoms. The van der Waals surface area contributed by atoms with Crippen LogP contribution >= 0.6 is 0 Å². The first-order valence-corrected chi connectivity index (χ1v) is 6.16. The van der Waals surface area contributed by atoms with Crippen molar-refractivity contribution in [2.45, 2.75) is 13.5 Å². The minimum absolute atomic E-state index is 0.129. The van der Waals surface area contributed by atoms with Gasteiger partial charge >= 0.3 is 0 Å². The van der Waals surface area contributed by atoms with Gasteiger partial charge in [-0.15, -0.1) is 0 Å². The molecule has 2 aromatic rings. The minimum Gasteiger partial charge on any atom is -0.376 e. The average molecular weight is 294 g/mol. The maximum atomic E-state index is 13.5. The quantitative estimate of drug-likeness (QED) is 0.910. The van der Waals surface area contributed by atoms with Gasteiger partial charge in [-0.05, 0) is 30.2 Å². The summed E-state index contributed by atoms with van der Waals surface area (Å²) in [5, 5.41) is 2.58. The number of nitrogens with one attached hydrogen (secondary N) is 1. The van der Waals surface area contributed by atoms with Gasteiger partial charge in [-0.25, -0.2) is 13.2 Å². The predicted molar refractivity (Wildman–Crippen MR) is 73.3 cm³/mol. The van der Waals surface area contributed by atoms with E-state index in [4.69, 9.17) is 5.73 Å². The Balaban J connectivity index is 2.19. The van der Waals surface area contributed by atoms with E-state index in [0.717, 1.165) is 11.1 Å². The van der Waals surface area contributed by atoms with Crippen molar-refractivity contribution in [1.29, 1.82) is 0 Å². The molecule has 0 radical (unpaired) electrons. The van der Waals surface area contributed by atoms with Crippen LogP contribution in [0.15, 0.2) is 30.3 Å². The van der Waals surface area contributed by atoms with E-state index in [0.29, 0.717) is 17.7 Å². The molecule has 2 rings (SSSR count). The predicted octanol–water partition coefficient (Wildman–Crippen LogP) is 3.12. The van der Waals surface area contributed by atoms with Crippen LogP contribution in [-0.2, 0) is 6.54 Å². The number of benzene rings is 2. The monoisotopic (exact) mass is 294 g/mol. The van der Waals surface area contributed by atoms with Crippen molar-refractivity contribution >= 4 is 11.6 Å².